The highest BCUT2D eigenvalue weighted by Gasteiger charge is 2.30. The van der Waals surface area contributed by atoms with Gasteiger partial charge in [0.2, 0.25) is 11.8 Å². The fourth-order valence-corrected chi connectivity index (χ4v) is 2.84. The van der Waals surface area contributed by atoms with E-state index in [2.05, 4.69) is 10.6 Å². The van der Waals surface area contributed by atoms with Crippen molar-refractivity contribution in [3.8, 4) is 0 Å². The predicted molar refractivity (Wildman–Crippen MR) is 101 cm³/mol. The van der Waals surface area contributed by atoms with Crippen molar-refractivity contribution in [2.24, 2.45) is 0 Å². The fourth-order valence-electron chi connectivity index (χ4n) is 2.84. The highest BCUT2D eigenvalue weighted by Crippen LogP contribution is 2.30. The van der Waals surface area contributed by atoms with Gasteiger partial charge in [-0.3, -0.25) is 9.59 Å². The summed E-state index contributed by atoms with van der Waals surface area (Å²) >= 11 is 0. The molecular formula is C21H17F3N2O2. The first-order valence-corrected chi connectivity index (χ1v) is 8.53. The summed E-state index contributed by atoms with van der Waals surface area (Å²) in [5, 5.41) is 6.80. The van der Waals surface area contributed by atoms with Gasteiger partial charge in [0.1, 0.15) is 0 Å². The van der Waals surface area contributed by atoms with E-state index in [4.69, 9.17) is 0 Å². The molecule has 0 aliphatic rings. The Morgan fingerprint density at radius 2 is 1.57 bits per heavy atom. The zero-order valence-electron chi connectivity index (χ0n) is 14.7. The van der Waals surface area contributed by atoms with E-state index in [0.29, 0.717) is 0 Å². The van der Waals surface area contributed by atoms with E-state index in [9.17, 15) is 22.8 Å². The Labute approximate surface area is 159 Å². The molecule has 0 heterocycles. The highest BCUT2D eigenvalue weighted by atomic mass is 19.4. The van der Waals surface area contributed by atoms with Crippen LogP contribution in [0.2, 0.25) is 0 Å². The summed E-state index contributed by atoms with van der Waals surface area (Å²) in [5.74, 6) is -0.957. The smallest absolute Gasteiger partial charge is 0.347 e. The first-order chi connectivity index (χ1) is 13.3. The quantitative estimate of drug-likeness (QED) is 0.692. The van der Waals surface area contributed by atoms with Crippen molar-refractivity contribution in [1.29, 1.82) is 0 Å². The van der Waals surface area contributed by atoms with Crippen LogP contribution in [0.15, 0.2) is 66.7 Å². The van der Waals surface area contributed by atoms with E-state index in [1.807, 2.05) is 42.5 Å². The largest absolute Gasteiger partial charge is 0.416 e. The van der Waals surface area contributed by atoms with Gasteiger partial charge in [0.05, 0.1) is 18.5 Å². The number of benzene rings is 3. The van der Waals surface area contributed by atoms with Gasteiger partial charge < -0.3 is 10.6 Å². The number of alkyl halides is 3. The Hall–Kier alpha value is -3.35. The molecule has 0 spiro atoms. The third-order valence-electron chi connectivity index (χ3n) is 4.15. The van der Waals surface area contributed by atoms with Crippen molar-refractivity contribution >= 4 is 28.3 Å². The van der Waals surface area contributed by atoms with Crippen LogP contribution in [0.5, 0.6) is 0 Å². The summed E-state index contributed by atoms with van der Waals surface area (Å²) in [5.41, 5.74) is -0.0118. The Bertz CT molecular complexity index is 1010. The summed E-state index contributed by atoms with van der Waals surface area (Å²) in [4.78, 5) is 24.1. The van der Waals surface area contributed by atoms with Crippen molar-refractivity contribution in [3.63, 3.8) is 0 Å². The van der Waals surface area contributed by atoms with Crippen LogP contribution >= 0.6 is 0 Å². The van der Waals surface area contributed by atoms with Crippen molar-refractivity contribution < 1.29 is 22.8 Å². The normalized spacial score (nSPS) is 11.2. The molecule has 0 radical (unpaired) electrons. The third kappa shape index (κ3) is 4.88. The first kappa shape index (κ1) is 19.4. The Balaban J connectivity index is 1.57. The van der Waals surface area contributed by atoms with Gasteiger partial charge in [0.25, 0.3) is 0 Å². The number of nitrogens with one attached hydrogen (secondary N) is 2. The van der Waals surface area contributed by atoms with Crippen molar-refractivity contribution in [1.82, 2.24) is 5.32 Å². The number of carbonyl (C=O) groups is 2. The van der Waals surface area contributed by atoms with E-state index in [-0.39, 0.29) is 24.6 Å². The summed E-state index contributed by atoms with van der Waals surface area (Å²) < 4.78 is 38.1. The van der Waals surface area contributed by atoms with E-state index in [0.717, 1.165) is 28.5 Å². The average molecular weight is 386 g/mol. The van der Waals surface area contributed by atoms with Crippen LogP contribution in [-0.2, 0) is 22.2 Å². The molecule has 4 nitrogen and oxygen atoms in total. The number of amides is 2. The zero-order valence-corrected chi connectivity index (χ0v) is 14.7. The van der Waals surface area contributed by atoms with Gasteiger partial charge in [-0.05, 0) is 34.5 Å². The Morgan fingerprint density at radius 3 is 2.36 bits per heavy atom. The fraction of sp³-hybridized carbons (Fsp3) is 0.143. The predicted octanol–water partition coefficient (Wildman–Crippen LogP) is 4.16. The van der Waals surface area contributed by atoms with Crippen LogP contribution in [-0.4, -0.2) is 18.4 Å². The molecule has 0 unspecified atom stereocenters. The number of halogens is 3. The minimum atomic E-state index is -4.49. The molecule has 0 atom stereocenters. The van der Waals surface area contributed by atoms with E-state index < -0.39 is 17.6 Å². The van der Waals surface area contributed by atoms with Crippen molar-refractivity contribution in [2.75, 3.05) is 11.9 Å². The number of carbonyl (C=O) groups excluding carboxylic acids is 2. The number of hydrogen-bond donors (Lipinski definition) is 2. The minimum absolute atomic E-state index is 0.0168. The molecule has 28 heavy (non-hydrogen) atoms. The van der Waals surface area contributed by atoms with Gasteiger partial charge in [0, 0.05) is 5.69 Å². The van der Waals surface area contributed by atoms with Gasteiger partial charge in [-0.2, -0.15) is 13.2 Å². The lowest BCUT2D eigenvalue weighted by atomic mass is 10.0. The number of rotatable bonds is 5. The second kappa shape index (κ2) is 8.12. The van der Waals surface area contributed by atoms with E-state index in [1.54, 1.807) is 0 Å². The molecule has 0 aliphatic carbocycles. The monoisotopic (exact) mass is 386 g/mol. The molecule has 2 amide bonds. The molecule has 0 saturated carbocycles. The molecule has 0 saturated heterocycles. The van der Waals surface area contributed by atoms with Crippen LogP contribution in [0.25, 0.3) is 10.8 Å². The standard InChI is InChI=1S/C21H17F3N2O2/c22-21(23,24)16-8-4-9-17(12-16)26-20(28)13-25-19(27)11-15-7-3-6-14-5-1-2-10-18(14)15/h1-10,12H,11,13H2,(H,25,27)(H,26,28). The number of fused-ring (bicyclic) bond motifs is 1. The minimum Gasteiger partial charge on any atom is -0.347 e. The van der Waals surface area contributed by atoms with Gasteiger partial charge in [0.15, 0.2) is 0 Å². The van der Waals surface area contributed by atoms with Crippen molar-refractivity contribution in [2.45, 2.75) is 12.6 Å². The maximum atomic E-state index is 12.7. The second-order valence-corrected chi connectivity index (χ2v) is 6.22. The van der Waals surface area contributed by atoms with Crippen LogP contribution in [0, 0.1) is 0 Å². The van der Waals surface area contributed by atoms with E-state index >= 15 is 0 Å². The average Bonchev–Trinajstić information content (AvgIpc) is 2.66. The maximum Gasteiger partial charge on any atom is 0.416 e. The number of hydrogen-bond acceptors (Lipinski definition) is 2. The van der Waals surface area contributed by atoms with E-state index in [1.165, 1.54) is 12.1 Å². The lowest BCUT2D eigenvalue weighted by Gasteiger charge is -2.11. The molecule has 144 valence electrons. The first-order valence-electron chi connectivity index (χ1n) is 8.53. The lowest BCUT2D eigenvalue weighted by Crippen LogP contribution is -2.33. The second-order valence-electron chi connectivity index (χ2n) is 6.22. The third-order valence-corrected chi connectivity index (χ3v) is 4.15. The molecule has 0 bridgehead atoms. The molecule has 0 fully saturated rings. The molecule has 3 aromatic rings. The molecule has 2 N–H and O–H groups in total. The van der Waals surface area contributed by atoms with Gasteiger partial charge in [-0.15, -0.1) is 0 Å². The molecule has 0 aromatic heterocycles. The summed E-state index contributed by atoms with van der Waals surface area (Å²) in [6, 6.07) is 17.6. The molecule has 0 aliphatic heterocycles. The molecular weight excluding hydrogens is 369 g/mol. The highest BCUT2D eigenvalue weighted by molar-refractivity contribution is 5.95. The van der Waals surface area contributed by atoms with Gasteiger partial charge in [-0.1, -0.05) is 48.5 Å². The SMILES string of the molecule is O=C(Cc1cccc2ccccc12)NCC(=O)Nc1cccc(C(F)(F)F)c1. The maximum absolute atomic E-state index is 12.7. The summed E-state index contributed by atoms with van der Waals surface area (Å²) in [6.07, 6.45) is -4.40. The molecule has 7 heteroatoms. The van der Waals surface area contributed by atoms with Gasteiger partial charge >= 0.3 is 6.18 Å². The van der Waals surface area contributed by atoms with Crippen molar-refractivity contribution in [3.05, 3.63) is 77.9 Å². The van der Waals surface area contributed by atoms with Crippen LogP contribution in [0.1, 0.15) is 11.1 Å². The zero-order chi connectivity index (χ0) is 20.1. The van der Waals surface area contributed by atoms with Crippen LogP contribution in [0.4, 0.5) is 18.9 Å². The lowest BCUT2D eigenvalue weighted by molar-refractivity contribution is -0.137. The Morgan fingerprint density at radius 1 is 0.857 bits per heavy atom. The molecule has 3 rings (SSSR count). The van der Waals surface area contributed by atoms with Crippen LogP contribution in [0.3, 0.4) is 0 Å². The summed E-state index contributed by atoms with van der Waals surface area (Å²) in [7, 11) is 0. The summed E-state index contributed by atoms with van der Waals surface area (Å²) in [6.45, 7) is -0.333. The molecule has 3 aromatic carbocycles. The topological polar surface area (TPSA) is 58.2 Å². The van der Waals surface area contributed by atoms with Gasteiger partial charge in [-0.25, -0.2) is 0 Å². The Kier molecular flexibility index (Phi) is 5.63. The number of anilines is 1. The van der Waals surface area contributed by atoms with Crippen LogP contribution < -0.4 is 10.6 Å².